The number of fused-ring (bicyclic) bond motifs is 1. The van der Waals surface area contributed by atoms with Crippen molar-refractivity contribution in [2.75, 3.05) is 6.61 Å². The van der Waals surface area contributed by atoms with Gasteiger partial charge in [-0.05, 0) is 25.1 Å². The van der Waals surface area contributed by atoms with Crippen LogP contribution in [0.15, 0.2) is 30.5 Å². The lowest BCUT2D eigenvalue weighted by atomic mass is 10.2. The predicted molar refractivity (Wildman–Crippen MR) is 53.8 cm³/mol. The molecule has 0 atom stereocenters. The number of rotatable bonds is 2. The first kappa shape index (κ1) is 8.64. The van der Waals surface area contributed by atoms with Crippen molar-refractivity contribution in [3.63, 3.8) is 0 Å². The van der Waals surface area contributed by atoms with Gasteiger partial charge >= 0.3 is 0 Å². The van der Waals surface area contributed by atoms with Crippen molar-refractivity contribution in [3.05, 3.63) is 36.0 Å². The van der Waals surface area contributed by atoms with Gasteiger partial charge in [0, 0.05) is 11.6 Å². The van der Waals surface area contributed by atoms with Gasteiger partial charge < -0.3 is 4.84 Å². The van der Waals surface area contributed by atoms with Crippen LogP contribution in [0.5, 0.6) is 0 Å². The fourth-order valence-corrected chi connectivity index (χ4v) is 1.42. The zero-order valence-electron chi connectivity index (χ0n) is 7.90. The molecule has 2 rings (SSSR count). The van der Waals surface area contributed by atoms with E-state index in [4.69, 9.17) is 10.1 Å². The summed E-state index contributed by atoms with van der Waals surface area (Å²) in [6.07, 6.45) is 1.86. The minimum atomic E-state index is 0.612. The highest BCUT2D eigenvalue weighted by Crippen LogP contribution is 2.16. The molecule has 1 aromatic heterocycles. The van der Waals surface area contributed by atoms with E-state index in [1.165, 1.54) is 0 Å². The SMILES string of the molecule is CCOn1ccc2ccc(C#N)cc21. The Morgan fingerprint density at radius 1 is 1.43 bits per heavy atom. The molecule has 0 spiro atoms. The van der Waals surface area contributed by atoms with Crippen LogP contribution >= 0.6 is 0 Å². The molecule has 0 N–H and O–H groups in total. The summed E-state index contributed by atoms with van der Waals surface area (Å²) in [5, 5.41) is 9.84. The first-order chi connectivity index (χ1) is 6.85. The van der Waals surface area contributed by atoms with Crippen molar-refractivity contribution in [3.8, 4) is 6.07 Å². The first-order valence-electron chi connectivity index (χ1n) is 4.49. The molecular formula is C11H10N2O. The highest BCUT2D eigenvalue weighted by molar-refractivity contribution is 5.81. The van der Waals surface area contributed by atoms with Crippen molar-refractivity contribution in [1.29, 1.82) is 5.26 Å². The molecular weight excluding hydrogens is 176 g/mol. The van der Waals surface area contributed by atoms with Gasteiger partial charge in [0.1, 0.15) is 6.61 Å². The van der Waals surface area contributed by atoms with Crippen molar-refractivity contribution in [2.24, 2.45) is 0 Å². The van der Waals surface area contributed by atoms with E-state index in [-0.39, 0.29) is 0 Å². The van der Waals surface area contributed by atoms with Gasteiger partial charge in [-0.15, -0.1) is 0 Å². The number of hydrogen-bond donors (Lipinski definition) is 0. The molecule has 0 saturated heterocycles. The predicted octanol–water partition coefficient (Wildman–Crippen LogP) is 1.96. The monoisotopic (exact) mass is 186 g/mol. The molecule has 0 unspecified atom stereocenters. The van der Waals surface area contributed by atoms with Gasteiger partial charge in [0.25, 0.3) is 0 Å². The van der Waals surface area contributed by atoms with Crippen LogP contribution in [0.25, 0.3) is 10.9 Å². The fraction of sp³-hybridized carbons (Fsp3) is 0.182. The summed E-state index contributed by atoms with van der Waals surface area (Å²) in [5.74, 6) is 0. The Bertz CT molecular complexity index is 493. The summed E-state index contributed by atoms with van der Waals surface area (Å²) in [7, 11) is 0. The van der Waals surface area contributed by atoms with E-state index in [0.717, 1.165) is 10.9 Å². The molecule has 3 nitrogen and oxygen atoms in total. The average Bonchev–Trinajstić information content (AvgIpc) is 2.61. The molecule has 1 heterocycles. The van der Waals surface area contributed by atoms with E-state index in [1.807, 2.05) is 31.3 Å². The molecule has 0 amide bonds. The number of benzene rings is 1. The zero-order valence-corrected chi connectivity index (χ0v) is 7.90. The van der Waals surface area contributed by atoms with E-state index >= 15 is 0 Å². The minimum absolute atomic E-state index is 0.612. The van der Waals surface area contributed by atoms with Crippen molar-refractivity contribution < 1.29 is 4.84 Å². The summed E-state index contributed by atoms with van der Waals surface area (Å²) in [6.45, 7) is 2.54. The third-order valence-corrected chi connectivity index (χ3v) is 2.05. The second-order valence-corrected chi connectivity index (χ2v) is 2.94. The van der Waals surface area contributed by atoms with Crippen LogP contribution in [0, 0.1) is 11.3 Å². The lowest BCUT2D eigenvalue weighted by Gasteiger charge is -2.04. The summed E-state index contributed by atoms with van der Waals surface area (Å²) in [6, 6.07) is 9.62. The second kappa shape index (κ2) is 3.43. The summed E-state index contributed by atoms with van der Waals surface area (Å²) in [4.78, 5) is 5.37. The Balaban J connectivity index is 2.59. The fourth-order valence-electron chi connectivity index (χ4n) is 1.42. The molecule has 0 aliphatic carbocycles. The van der Waals surface area contributed by atoms with E-state index in [1.54, 1.807) is 10.8 Å². The van der Waals surface area contributed by atoms with Crippen LogP contribution in [0.2, 0.25) is 0 Å². The number of aromatic nitrogens is 1. The molecule has 0 bridgehead atoms. The largest absolute Gasteiger partial charge is 0.414 e. The van der Waals surface area contributed by atoms with Crippen LogP contribution in [-0.2, 0) is 0 Å². The molecule has 70 valence electrons. The van der Waals surface area contributed by atoms with Gasteiger partial charge in [0.2, 0.25) is 0 Å². The Hall–Kier alpha value is -1.95. The topological polar surface area (TPSA) is 38.0 Å². The third kappa shape index (κ3) is 1.31. The molecule has 0 aliphatic rings. The molecule has 0 aliphatic heterocycles. The summed E-state index contributed by atoms with van der Waals surface area (Å²) in [5.41, 5.74) is 1.59. The van der Waals surface area contributed by atoms with Gasteiger partial charge in [0.05, 0.1) is 17.1 Å². The highest BCUT2D eigenvalue weighted by atomic mass is 16.7. The average molecular weight is 186 g/mol. The van der Waals surface area contributed by atoms with E-state index in [9.17, 15) is 0 Å². The van der Waals surface area contributed by atoms with Crippen LogP contribution in [0.3, 0.4) is 0 Å². The Morgan fingerprint density at radius 3 is 3.00 bits per heavy atom. The maximum Gasteiger partial charge on any atom is 0.112 e. The van der Waals surface area contributed by atoms with Gasteiger partial charge in [-0.3, -0.25) is 0 Å². The maximum atomic E-state index is 8.76. The third-order valence-electron chi connectivity index (χ3n) is 2.05. The number of nitrogens with zero attached hydrogens (tertiary/aromatic N) is 2. The quantitative estimate of drug-likeness (QED) is 0.719. The molecule has 2 aromatic rings. The van der Waals surface area contributed by atoms with Crippen LogP contribution in [-0.4, -0.2) is 11.3 Å². The smallest absolute Gasteiger partial charge is 0.112 e. The van der Waals surface area contributed by atoms with Gasteiger partial charge in [0.15, 0.2) is 0 Å². The van der Waals surface area contributed by atoms with Crippen LogP contribution < -0.4 is 4.84 Å². The van der Waals surface area contributed by atoms with Gasteiger partial charge in [-0.2, -0.15) is 9.99 Å². The van der Waals surface area contributed by atoms with E-state index < -0.39 is 0 Å². The zero-order chi connectivity index (χ0) is 9.97. The van der Waals surface area contributed by atoms with Crippen molar-refractivity contribution >= 4 is 10.9 Å². The first-order valence-corrected chi connectivity index (χ1v) is 4.49. The summed E-state index contributed by atoms with van der Waals surface area (Å²) >= 11 is 0. The molecule has 0 saturated carbocycles. The normalized spacial score (nSPS) is 10.0. The highest BCUT2D eigenvalue weighted by Gasteiger charge is 2.01. The van der Waals surface area contributed by atoms with Crippen molar-refractivity contribution in [2.45, 2.75) is 6.92 Å². The van der Waals surface area contributed by atoms with Crippen LogP contribution in [0.1, 0.15) is 12.5 Å². The maximum absolute atomic E-state index is 8.76. The Kier molecular flexibility index (Phi) is 2.11. The number of nitriles is 1. The standard InChI is InChI=1S/C11H10N2O/c1-2-14-13-6-5-10-4-3-9(8-12)7-11(10)13/h3-7H,2H2,1H3. The van der Waals surface area contributed by atoms with E-state index in [0.29, 0.717) is 12.2 Å². The molecule has 1 aromatic carbocycles. The van der Waals surface area contributed by atoms with E-state index in [2.05, 4.69) is 6.07 Å². The lowest BCUT2D eigenvalue weighted by Crippen LogP contribution is -2.08. The molecule has 0 radical (unpaired) electrons. The Labute approximate surface area is 82.1 Å². The van der Waals surface area contributed by atoms with Gasteiger partial charge in [-0.1, -0.05) is 6.07 Å². The van der Waals surface area contributed by atoms with Crippen LogP contribution in [0.4, 0.5) is 0 Å². The Morgan fingerprint density at radius 2 is 2.29 bits per heavy atom. The molecule has 0 fully saturated rings. The number of hydrogen-bond acceptors (Lipinski definition) is 2. The lowest BCUT2D eigenvalue weighted by molar-refractivity contribution is 0.132. The molecule has 3 heteroatoms. The van der Waals surface area contributed by atoms with Crippen molar-refractivity contribution in [1.82, 2.24) is 4.73 Å². The molecule has 14 heavy (non-hydrogen) atoms. The minimum Gasteiger partial charge on any atom is -0.414 e. The van der Waals surface area contributed by atoms with Gasteiger partial charge in [-0.25, -0.2) is 0 Å². The second-order valence-electron chi connectivity index (χ2n) is 2.94. The summed E-state index contributed by atoms with van der Waals surface area (Å²) < 4.78 is 1.69.